The first-order chi connectivity index (χ1) is 8.75. The molecular weight excluding hydrogens is 272 g/mol. The van der Waals surface area contributed by atoms with Gasteiger partial charge in [0.1, 0.15) is 0 Å². The van der Waals surface area contributed by atoms with Gasteiger partial charge in [0.25, 0.3) is 10.2 Å². The number of ether oxygens (including phenoxy) is 1. The predicted molar refractivity (Wildman–Crippen MR) is 70.0 cm³/mol. The molecule has 1 rings (SSSR count). The average Bonchev–Trinajstić information content (AvgIpc) is 2.34. The van der Waals surface area contributed by atoms with Gasteiger partial charge in [0.05, 0.1) is 6.42 Å². The number of aliphatic carboxylic acids is 1. The van der Waals surface area contributed by atoms with Crippen LogP contribution in [0.1, 0.15) is 26.2 Å². The molecule has 1 fully saturated rings. The molecule has 1 heterocycles. The number of rotatable bonds is 7. The summed E-state index contributed by atoms with van der Waals surface area (Å²) in [4.78, 5) is 10.4. The highest BCUT2D eigenvalue weighted by Crippen LogP contribution is 2.28. The summed E-state index contributed by atoms with van der Waals surface area (Å²) in [7, 11) is -2.24. The highest BCUT2D eigenvalue weighted by atomic mass is 32.2. The van der Waals surface area contributed by atoms with Crippen LogP contribution in [0.2, 0.25) is 0 Å². The fourth-order valence-corrected chi connectivity index (χ4v) is 2.87. The van der Waals surface area contributed by atoms with Crippen LogP contribution in [0, 0.1) is 5.41 Å². The van der Waals surface area contributed by atoms with Gasteiger partial charge in [-0.1, -0.05) is 6.92 Å². The van der Waals surface area contributed by atoms with Crippen molar-refractivity contribution in [2.24, 2.45) is 5.41 Å². The highest BCUT2D eigenvalue weighted by molar-refractivity contribution is 7.87. The Bertz CT molecular complexity index is 403. The monoisotopic (exact) mass is 294 g/mol. The van der Waals surface area contributed by atoms with Crippen molar-refractivity contribution >= 4 is 16.2 Å². The summed E-state index contributed by atoms with van der Waals surface area (Å²) < 4.78 is 32.7. The fourth-order valence-electron chi connectivity index (χ4n) is 1.79. The molecule has 19 heavy (non-hydrogen) atoms. The fraction of sp³-hybridized carbons (Fsp3) is 0.909. The number of hydrogen-bond acceptors (Lipinski definition) is 4. The number of carboxylic acid groups (broad SMARTS) is 1. The van der Waals surface area contributed by atoms with Gasteiger partial charge in [0.2, 0.25) is 0 Å². The molecule has 0 bridgehead atoms. The van der Waals surface area contributed by atoms with E-state index in [-0.39, 0.29) is 18.4 Å². The summed E-state index contributed by atoms with van der Waals surface area (Å²) in [6, 6.07) is 0. The van der Waals surface area contributed by atoms with Crippen LogP contribution in [0.5, 0.6) is 0 Å². The number of carboxylic acids is 1. The second-order valence-electron chi connectivity index (χ2n) is 5.21. The normalized spacial score (nSPS) is 19.5. The first-order valence-electron chi connectivity index (χ1n) is 6.26. The van der Waals surface area contributed by atoms with E-state index in [1.54, 1.807) is 0 Å². The molecule has 0 atom stereocenters. The maximum atomic E-state index is 11.9. The van der Waals surface area contributed by atoms with Crippen LogP contribution in [-0.4, -0.2) is 57.1 Å². The molecule has 0 radical (unpaired) electrons. The molecule has 0 amide bonds. The van der Waals surface area contributed by atoms with Crippen molar-refractivity contribution in [3.63, 3.8) is 0 Å². The minimum absolute atomic E-state index is 0.0372. The van der Waals surface area contributed by atoms with Gasteiger partial charge in [-0.15, -0.1) is 0 Å². The molecule has 7 nitrogen and oxygen atoms in total. The third kappa shape index (κ3) is 5.43. The zero-order valence-corrected chi connectivity index (χ0v) is 12.2. The second-order valence-corrected chi connectivity index (χ2v) is 7.08. The summed E-state index contributed by atoms with van der Waals surface area (Å²) in [5.41, 5.74) is -0.0983. The zero-order valence-electron chi connectivity index (χ0n) is 11.4. The van der Waals surface area contributed by atoms with E-state index in [9.17, 15) is 13.2 Å². The molecular formula is C11H22N2O5S. The van der Waals surface area contributed by atoms with E-state index in [4.69, 9.17) is 9.84 Å². The van der Waals surface area contributed by atoms with Gasteiger partial charge < -0.3 is 9.84 Å². The lowest BCUT2D eigenvalue weighted by Crippen LogP contribution is -2.45. The SMILES string of the molecule is CN(CCC(=O)O)S(=O)(=O)NCC1(C)CCOCC1. The van der Waals surface area contributed by atoms with Crippen molar-refractivity contribution < 1.29 is 23.1 Å². The molecule has 1 aliphatic heterocycles. The molecule has 2 N–H and O–H groups in total. The summed E-state index contributed by atoms with van der Waals surface area (Å²) in [5.74, 6) is -1.02. The van der Waals surface area contributed by atoms with E-state index < -0.39 is 16.2 Å². The van der Waals surface area contributed by atoms with Crippen molar-refractivity contribution in [3.05, 3.63) is 0 Å². The Morgan fingerprint density at radius 3 is 2.53 bits per heavy atom. The maximum Gasteiger partial charge on any atom is 0.304 e. The Hall–Kier alpha value is -0.700. The lowest BCUT2D eigenvalue weighted by molar-refractivity contribution is -0.137. The van der Waals surface area contributed by atoms with Crippen molar-refractivity contribution in [2.75, 3.05) is 33.4 Å². The molecule has 0 aromatic heterocycles. The van der Waals surface area contributed by atoms with Crippen LogP contribution in [0.25, 0.3) is 0 Å². The molecule has 0 aromatic carbocycles. The van der Waals surface area contributed by atoms with E-state index in [1.807, 2.05) is 6.92 Å². The molecule has 1 saturated heterocycles. The minimum atomic E-state index is -3.61. The van der Waals surface area contributed by atoms with Crippen molar-refractivity contribution in [3.8, 4) is 0 Å². The largest absolute Gasteiger partial charge is 0.481 e. The molecule has 8 heteroatoms. The molecule has 0 spiro atoms. The van der Waals surface area contributed by atoms with Gasteiger partial charge in [-0.05, 0) is 18.3 Å². The summed E-state index contributed by atoms with van der Waals surface area (Å²) in [6.07, 6.45) is 1.42. The second kappa shape index (κ2) is 6.65. The standard InChI is InChI=1S/C11H22N2O5S/c1-11(4-7-18-8-5-11)9-12-19(16,17)13(2)6-3-10(14)15/h12H,3-9H2,1-2H3,(H,14,15). The smallest absolute Gasteiger partial charge is 0.304 e. The predicted octanol–water partition coefficient (Wildman–Crippen LogP) is 0.0440. The van der Waals surface area contributed by atoms with Gasteiger partial charge in [0, 0.05) is 33.4 Å². The Morgan fingerprint density at radius 2 is 2.00 bits per heavy atom. The Balaban J connectivity index is 2.47. The third-order valence-electron chi connectivity index (χ3n) is 3.43. The first kappa shape index (κ1) is 16.4. The average molecular weight is 294 g/mol. The van der Waals surface area contributed by atoms with Crippen LogP contribution in [0.3, 0.4) is 0 Å². The summed E-state index contributed by atoms with van der Waals surface area (Å²) in [6.45, 7) is 3.62. The number of nitrogens with one attached hydrogen (secondary N) is 1. The molecule has 112 valence electrons. The molecule has 1 aliphatic rings. The maximum absolute atomic E-state index is 11.9. The van der Waals surface area contributed by atoms with Gasteiger partial charge >= 0.3 is 5.97 Å². The molecule has 0 aliphatic carbocycles. The van der Waals surface area contributed by atoms with Crippen LogP contribution in [0.4, 0.5) is 0 Å². The number of carbonyl (C=O) groups is 1. The topological polar surface area (TPSA) is 95.9 Å². The minimum Gasteiger partial charge on any atom is -0.481 e. The molecule has 0 unspecified atom stereocenters. The van der Waals surface area contributed by atoms with E-state index in [2.05, 4.69) is 4.72 Å². The number of nitrogens with zero attached hydrogens (tertiary/aromatic N) is 1. The van der Waals surface area contributed by atoms with Crippen molar-refractivity contribution in [1.82, 2.24) is 9.03 Å². The van der Waals surface area contributed by atoms with Crippen LogP contribution in [0.15, 0.2) is 0 Å². The van der Waals surface area contributed by atoms with Gasteiger partial charge in [-0.2, -0.15) is 12.7 Å². The summed E-state index contributed by atoms with van der Waals surface area (Å²) in [5, 5.41) is 8.55. The molecule has 0 saturated carbocycles. The van der Waals surface area contributed by atoms with Crippen molar-refractivity contribution in [1.29, 1.82) is 0 Å². The first-order valence-corrected chi connectivity index (χ1v) is 7.70. The summed E-state index contributed by atoms with van der Waals surface area (Å²) >= 11 is 0. The molecule has 0 aromatic rings. The van der Waals surface area contributed by atoms with E-state index in [0.29, 0.717) is 19.8 Å². The Kier molecular flexibility index (Phi) is 5.72. The lowest BCUT2D eigenvalue weighted by atomic mass is 9.83. The third-order valence-corrected chi connectivity index (χ3v) is 4.94. The zero-order chi connectivity index (χ0) is 14.5. The van der Waals surface area contributed by atoms with Gasteiger partial charge in [-0.25, -0.2) is 4.72 Å². The van der Waals surface area contributed by atoms with Crippen LogP contribution in [-0.2, 0) is 19.7 Å². The Labute approximate surface area is 114 Å². The van der Waals surface area contributed by atoms with Crippen LogP contribution < -0.4 is 4.72 Å². The lowest BCUT2D eigenvalue weighted by Gasteiger charge is -2.34. The number of hydrogen-bond donors (Lipinski definition) is 2. The van der Waals surface area contributed by atoms with Crippen LogP contribution >= 0.6 is 0 Å². The Morgan fingerprint density at radius 1 is 1.42 bits per heavy atom. The highest BCUT2D eigenvalue weighted by Gasteiger charge is 2.29. The quantitative estimate of drug-likeness (QED) is 0.691. The van der Waals surface area contributed by atoms with Gasteiger partial charge in [0.15, 0.2) is 0 Å². The van der Waals surface area contributed by atoms with E-state index in [1.165, 1.54) is 7.05 Å². The van der Waals surface area contributed by atoms with E-state index >= 15 is 0 Å². The van der Waals surface area contributed by atoms with Gasteiger partial charge in [-0.3, -0.25) is 4.79 Å². The van der Waals surface area contributed by atoms with Crippen molar-refractivity contribution in [2.45, 2.75) is 26.2 Å². The van der Waals surface area contributed by atoms with E-state index in [0.717, 1.165) is 17.1 Å².